The molecule has 3 atom stereocenters. The summed E-state index contributed by atoms with van der Waals surface area (Å²) < 4.78 is 5.20. The average molecular weight is 229 g/mol. The molecule has 1 amide bonds. The van der Waals surface area contributed by atoms with Gasteiger partial charge in [-0.1, -0.05) is 6.92 Å². The summed E-state index contributed by atoms with van der Waals surface area (Å²) in [6, 6.07) is 0. The molecular formula is C12H23NO3. The first-order valence-electron chi connectivity index (χ1n) is 5.80. The molecule has 94 valence electrons. The summed E-state index contributed by atoms with van der Waals surface area (Å²) >= 11 is 0. The second-order valence-corrected chi connectivity index (χ2v) is 6.14. The van der Waals surface area contributed by atoms with Gasteiger partial charge in [-0.25, -0.2) is 4.79 Å². The van der Waals surface area contributed by atoms with Crippen molar-refractivity contribution >= 4 is 6.09 Å². The number of alkyl carbamates (subject to hydrolysis) is 1. The zero-order valence-corrected chi connectivity index (χ0v) is 10.8. The Hall–Kier alpha value is -0.770. The molecule has 4 heteroatoms. The maximum atomic E-state index is 11.6. The van der Waals surface area contributed by atoms with E-state index in [0.717, 1.165) is 6.42 Å². The van der Waals surface area contributed by atoms with E-state index in [4.69, 9.17) is 4.74 Å². The van der Waals surface area contributed by atoms with Gasteiger partial charge in [0.15, 0.2) is 0 Å². The molecule has 0 radical (unpaired) electrons. The van der Waals surface area contributed by atoms with Crippen molar-refractivity contribution in [1.29, 1.82) is 0 Å². The zero-order valence-electron chi connectivity index (χ0n) is 10.8. The zero-order chi connectivity index (χ0) is 12.6. The largest absolute Gasteiger partial charge is 0.444 e. The normalized spacial score (nSPS) is 34.9. The van der Waals surface area contributed by atoms with Gasteiger partial charge in [-0.3, -0.25) is 0 Å². The molecule has 1 aliphatic carbocycles. The van der Waals surface area contributed by atoms with Crippen LogP contribution in [0.3, 0.4) is 0 Å². The van der Waals surface area contributed by atoms with Crippen molar-refractivity contribution in [1.82, 2.24) is 5.32 Å². The summed E-state index contributed by atoms with van der Waals surface area (Å²) in [6.07, 6.45) is 0.636. The topological polar surface area (TPSA) is 58.6 Å². The molecule has 0 spiro atoms. The van der Waals surface area contributed by atoms with E-state index in [0.29, 0.717) is 6.42 Å². The fourth-order valence-corrected chi connectivity index (χ4v) is 2.24. The van der Waals surface area contributed by atoms with Crippen LogP contribution >= 0.6 is 0 Å². The van der Waals surface area contributed by atoms with Crippen LogP contribution in [0.2, 0.25) is 0 Å². The SMILES string of the molecule is C[C@@H]1C[C@](C)(NC(=O)OC(C)(C)C)C[C@@H]1O. The first kappa shape index (κ1) is 13.3. The number of rotatable bonds is 1. The Balaban J connectivity index is 2.52. The molecule has 0 aromatic heterocycles. The van der Waals surface area contributed by atoms with Crippen molar-refractivity contribution in [2.45, 2.75) is 64.7 Å². The maximum Gasteiger partial charge on any atom is 0.408 e. The van der Waals surface area contributed by atoms with E-state index in [9.17, 15) is 9.90 Å². The molecule has 0 aromatic carbocycles. The molecule has 2 N–H and O–H groups in total. The van der Waals surface area contributed by atoms with Crippen molar-refractivity contribution in [2.75, 3.05) is 0 Å². The Bertz CT molecular complexity index is 260. The molecule has 1 rings (SSSR count). The number of aliphatic hydroxyl groups is 1. The molecule has 1 fully saturated rings. The minimum Gasteiger partial charge on any atom is -0.444 e. The van der Waals surface area contributed by atoms with Gasteiger partial charge in [-0.05, 0) is 46.5 Å². The summed E-state index contributed by atoms with van der Waals surface area (Å²) in [5.41, 5.74) is -0.829. The van der Waals surface area contributed by atoms with Gasteiger partial charge in [0, 0.05) is 5.54 Å². The summed E-state index contributed by atoms with van der Waals surface area (Å²) in [5, 5.41) is 12.5. The average Bonchev–Trinajstić information content (AvgIpc) is 2.19. The monoisotopic (exact) mass is 229 g/mol. The summed E-state index contributed by atoms with van der Waals surface area (Å²) in [4.78, 5) is 11.6. The van der Waals surface area contributed by atoms with Crippen molar-refractivity contribution < 1.29 is 14.6 Å². The predicted molar refractivity (Wildman–Crippen MR) is 62.2 cm³/mol. The third-order valence-corrected chi connectivity index (χ3v) is 2.89. The molecular weight excluding hydrogens is 206 g/mol. The number of amides is 1. The number of hydrogen-bond donors (Lipinski definition) is 2. The standard InChI is InChI=1S/C12H23NO3/c1-8-6-12(5,7-9(8)14)13-10(15)16-11(2,3)4/h8-9,14H,6-7H2,1-5H3,(H,13,15)/t8-,9+,12+/m1/s1. The predicted octanol–water partition coefficient (Wildman–Crippen LogP) is 2.06. The van der Waals surface area contributed by atoms with E-state index in [1.165, 1.54) is 0 Å². The van der Waals surface area contributed by atoms with Gasteiger partial charge in [0.1, 0.15) is 5.60 Å². The minimum absolute atomic E-state index is 0.222. The minimum atomic E-state index is -0.483. The van der Waals surface area contributed by atoms with Crippen LogP contribution in [0.15, 0.2) is 0 Å². The van der Waals surface area contributed by atoms with Crippen LogP contribution < -0.4 is 5.32 Å². The highest BCUT2D eigenvalue weighted by Gasteiger charge is 2.40. The molecule has 16 heavy (non-hydrogen) atoms. The van der Waals surface area contributed by atoms with E-state index in [1.54, 1.807) is 0 Å². The molecule has 4 nitrogen and oxygen atoms in total. The van der Waals surface area contributed by atoms with Crippen LogP contribution in [0.5, 0.6) is 0 Å². The molecule has 1 saturated carbocycles. The molecule has 0 aromatic rings. The third kappa shape index (κ3) is 3.67. The Morgan fingerprint density at radius 2 is 2.00 bits per heavy atom. The molecule has 1 aliphatic rings. The van der Waals surface area contributed by atoms with Crippen molar-refractivity contribution in [2.24, 2.45) is 5.92 Å². The van der Waals surface area contributed by atoms with E-state index in [2.05, 4.69) is 5.32 Å². The molecule has 0 saturated heterocycles. The quantitative estimate of drug-likeness (QED) is 0.723. The van der Waals surface area contributed by atoms with Gasteiger partial charge in [0.25, 0.3) is 0 Å². The Labute approximate surface area is 97.4 Å². The highest BCUT2D eigenvalue weighted by molar-refractivity contribution is 5.68. The number of hydrogen-bond acceptors (Lipinski definition) is 3. The van der Waals surface area contributed by atoms with Gasteiger partial charge < -0.3 is 15.2 Å². The molecule has 0 bridgehead atoms. The van der Waals surface area contributed by atoms with Gasteiger partial charge in [-0.15, -0.1) is 0 Å². The molecule has 0 aliphatic heterocycles. The fraction of sp³-hybridized carbons (Fsp3) is 0.917. The second-order valence-electron chi connectivity index (χ2n) is 6.14. The Morgan fingerprint density at radius 1 is 1.44 bits per heavy atom. The number of nitrogens with one attached hydrogen (secondary N) is 1. The van der Waals surface area contributed by atoms with Gasteiger partial charge >= 0.3 is 6.09 Å². The summed E-state index contributed by atoms with van der Waals surface area (Å²) in [5.74, 6) is 0.222. The Morgan fingerprint density at radius 3 is 2.38 bits per heavy atom. The fourth-order valence-electron chi connectivity index (χ4n) is 2.24. The first-order chi connectivity index (χ1) is 7.11. The van der Waals surface area contributed by atoms with Crippen LogP contribution in [0.1, 0.15) is 47.5 Å². The van der Waals surface area contributed by atoms with Crippen LogP contribution in [-0.4, -0.2) is 28.4 Å². The lowest BCUT2D eigenvalue weighted by Crippen LogP contribution is -2.46. The van der Waals surface area contributed by atoms with Crippen LogP contribution in [0.4, 0.5) is 4.79 Å². The number of carbonyl (C=O) groups excluding carboxylic acids is 1. The first-order valence-corrected chi connectivity index (χ1v) is 5.80. The second kappa shape index (κ2) is 4.24. The van der Waals surface area contributed by atoms with Crippen LogP contribution in [0.25, 0.3) is 0 Å². The number of carbonyl (C=O) groups is 1. The van der Waals surface area contributed by atoms with E-state index in [1.807, 2.05) is 34.6 Å². The van der Waals surface area contributed by atoms with Crippen molar-refractivity contribution in [3.8, 4) is 0 Å². The van der Waals surface area contributed by atoms with Gasteiger partial charge in [0.2, 0.25) is 0 Å². The van der Waals surface area contributed by atoms with Crippen molar-refractivity contribution in [3.05, 3.63) is 0 Å². The summed E-state index contributed by atoms with van der Waals surface area (Å²) in [6.45, 7) is 9.44. The van der Waals surface area contributed by atoms with E-state index < -0.39 is 11.7 Å². The molecule has 0 unspecified atom stereocenters. The third-order valence-electron chi connectivity index (χ3n) is 2.89. The van der Waals surface area contributed by atoms with Crippen LogP contribution in [-0.2, 0) is 4.74 Å². The van der Waals surface area contributed by atoms with Gasteiger partial charge in [-0.2, -0.15) is 0 Å². The lowest BCUT2D eigenvalue weighted by molar-refractivity contribution is 0.0459. The smallest absolute Gasteiger partial charge is 0.408 e. The number of aliphatic hydroxyl groups excluding tert-OH is 1. The Kier molecular flexibility index (Phi) is 3.53. The van der Waals surface area contributed by atoms with Gasteiger partial charge in [0.05, 0.1) is 6.10 Å². The number of ether oxygens (including phenoxy) is 1. The van der Waals surface area contributed by atoms with Crippen molar-refractivity contribution in [3.63, 3.8) is 0 Å². The highest BCUT2D eigenvalue weighted by atomic mass is 16.6. The lowest BCUT2D eigenvalue weighted by atomic mass is 9.99. The highest BCUT2D eigenvalue weighted by Crippen LogP contribution is 2.34. The van der Waals surface area contributed by atoms with Crippen LogP contribution in [0, 0.1) is 5.92 Å². The maximum absolute atomic E-state index is 11.6. The van der Waals surface area contributed by atoms with E-state index in [-0.39, 0.29) is 17.6 Å². The molecule has 0 heterocycles. The lowest BCUT2D eigenvalue weighted by Gasteiger charge is -2.28. The van der Waals surface area contributed by atoms with E-state index >= 15 is 0 Å². The summed E-state index contributed by atoms with van der Waals surface area (Å²) in [7, 11) is 0.